The predicted octanol–water partition coefficient (Wildman–Crippen LogP) is 1.82. The maximum Gasteiger partial charge on any atom is 0.470 e. The second kappa shape index (κ2) is 4.93. The molecule has 16 heavy (non-hydrogen) atoms. The average Bonchev–Trinajstić information content (AvgIpc) is 2.57. The van der Waals surface area contributed by atoms with Gasteiger partial charge in [-0.05, 0) is 18.9 Å². The standard InChI is InChI=1S/C9H13O6P/c1-3-7-5-14-8(4-10)9(7)6(2)15-16(11,12)13/h4-6H,3H2,1-2H3,(H2,11,12,13). The molecule has 0 aliphatic heterocycles. The number of aldehydes is 1. The minimum atomic E-state index is -4.58. The second-order valence-corrected chi connectivity index (χ2v) is 4.44. The van der Waals surface area contributed by atoms with Crippen LogP contribution >= 0.6 is 7.82 Å². The van der Waals surface area contributed by atoms with Gasteiger partial charge in [-0.3, -0.25) is 9.32 Å². The first-order valence-corrected chi connectivity index (χ1v) is 6.21. The molecule has 0 saturated heterocycles. The van der Waals surface area contributed by atoms with Gasteiger partial charge in [0.2, 0.25) is 0 Å². The number of phosphoric ester groups is 1. The van der Waals surface area contributed by atoms with Crippen molar-refractivity contribution < 1.29 is 28.1 Å². The van der Waals surface area contributed by atoms with Gasteiger partial charge in [0.1, 0.15) is 0 Å². The Bertz CT molecular complexity index is 418. The Kier molecular flexibility index (Phi) is 4.04. The van der Waals surface area contributed by atoms with E-state index in [1.165, 1.54) is 13.2 Å². The van der Waals surface area contributed by atoms with Crippen LogP contribution in [0.3, 0.4) is 0 Å². The normalized spacial score (nSPS) is 13.8. The fourth-order valence-electron chi connectivity index (χ4n) is 1.50. The summed E-state index contributed by atoms with van der Waals surface area (Å²) in [6, 6.07) is 0. The molecule has 0 aliphatic rings. The molecule has 0 amide bonds. The molecule has 1 heterocycles. The minimum absolute atomic E-state index is 0.0396. The monoisotopic (exact) mass is 248 g/mol. The van der Waals surface area contributed by atoms with E-state index in [0.717, 1.165) is 0 Å². The van der Waals surface area contributed by atoms with E-state index in [9.17, 15) is 9.36 Å². The Morgan fingerprint density at radius 2 is 2.25 bits per heavy atom. The van der Waals surface area contributed by atoms with Gasteiger partial charge in [-0.25, -0.2) is 4.57 Å². The lowest BCUT2D eigenvalue weighted by Crippen LogP contribution is -2.02. The van der Waals surface area contributed by atoms with Crippen molar-refractivity contribution in [3.8, 4) is 0 Å². The number of carbonyl (C=O) groups excluding carboxylic acids is 1. The van der Waals surface area contributed by atoms with Crippen LogP contribution in [-0.4, -0.2) is 16.1 Å². The summed E-state index contributed by atoms with van der Waals surface area (Å²) < 4.78 is 20.2. The first-order chi connectivity index (χ1) is 7.39. The van der Waals surface area contributed by atoms with Crippen molar-refractivity contribution in [1.82, 2.24) is 0 Å². The van der Waals surface area contributed by atoms with Crippen molar-refractivity contribution in [3.05, 3.63) is 23.2 Å². The molecule has 7 heteroatoms. The third-order valence-corrected chi connectivity index (χ3v) is 2.72. The van der Waals surface area contributed by atoms with Crippen molar-refractivity contribution in [1.29, 1.82) is 0 Å². The molecule has 1 unspecified atom stereocenters. The molecular weight excluding hydrogens is 235 g/mol. The smallest absolute Gasteiger partial charge is 0.461 e. The predicted molar refractivity (Wildman–Crippen MR) is 55.0 cm³/mol. The van der Waals surface area contributed by atoms with E-state index in [-0.39, 0.29) is 5.76 Å². The van der Waals surface area contributed by atoms with Crippen molar-refractivity contribution in [2.24, 2.45) is 0 Å². The maximum atomic E-state index is 10.7. The van der Waals surface area contributed by atoms with Gasteiger partial charge < -0.3 is 14.2 Å². The highest BCUT2D eigenvalue weighted by Crippen LogP contribution is 2.43. The topological polar surface area (TPSA) is 97.0 Å². The van der Waals surface area contributed by atoms with E-state index in [1.54, 1.807) is 0 Å². The van der Waals surface area contributed by atoms with Crippen LogP contribution in [0.25, 0.3) is 0 Å². The van der Waals surface area contributed by atoms with E-state index < -0.39 is 13.9 Å². The molecule has 0 radical (unpaired) electrons. The Balaban J connectivity index is 3.05. The third kappa shape index (κ3) is 3.02. The van der Waals surface area contributed by atoms with Crippen LogP contribution in [0, 0.1) is 0 Å². The lowest BCUT2D eigenvalue weighted by Gasteiger charge is -2.14. The quantitative estimate of drug-likeness (QED) is 0.609. The molecule has 1 aromatic heterocycles. The maximum absolute atomic E-state index is 10.7. The minimum Gasteiger partial charge on any atom is -0.461 e. The van der Waals surface area contributed by atoms with Crippen LogP contribution < -0.4 is 0 Å². The molecule has 0 aliphatic carbocycles. The summed E-state index contributed by atoms with van der Waals surface area (Å²) in [7, 11) is -4.58. The zero-order valence-electron chi connectivity index (χ0n) is 8.91. The highest BCUT2D eigenvalue weighted by atomic mass is 31.2. The summed E-state index contributed by atoms with van der Waals surface area (Å²) >= 11 is 0. The van der Waals surface area contributed by atoms with Crippen molar-refractivity contribution in [2.75, 3.05) is 0 Å². The van der Waals surface area contributed by atoms with Crippen LogP contribution in [0.4, 0.5) is 0 Å². The van der Waals surface area contributed by atoms with Crippen LogP contribution in [0.5, 0.6) is 0 Å². The van der Waals surface area contributed by atoms with E-state index in [0.29, 0.717) is 23.8 Å². The Morgan fingerprint density at radius 1 is 1.62 bits per heavy atom. The van der Waals surface area contributed by atoms with Crippen molar-refractivity contribution in [3.63, 3.8) is 0 Å². The van der Waals surface area contributed by atoms with E-state index in [1.807, 2.05) is 6.92 Å². The number of aryl methyl sites for hydroxylation is 1. The molecule has 0 spiro atoms. The fourth-order valence-corrected chi connectivity index (χ4v) is 2.02. The van der Waals surface area contributed by atoms with E-state index >= 15 is 0 Å². The largest absolute Gasteiger partial charge is 0.470 e. The third-order valence-electron chi connectivity index (χ3n) is 2.13. The van der Waals surface area contributed by atoms with E-state index in [4.69, 9.17) is 14.2 Å². The Morgan fingerprint density at radius 3 is 2.69 bits per heavy atom. The van der Waals surface area contributed by atoms with Crippen molar-refractivity contribution >= 4 is 14.1 Å². The number of furan rings is 1. The molecular formula is C9H13O6P. The molecule has 0 fully saturated rings. The summed E-state index contributed by atoms with van der Waals surface area (Å²) in [5, 5.41) is 0. The number of carbonyl (C=O) groups is 1. The zero-order chi connectivity index (χ0) is 12.3. The first-order valence-electron chi connectivity index (χ1n) is 4.68. The molecule has 6 nitrogen and oxygen atoms in total. The van der Waals surface area contributed by atoms with Crippen LogP contribution in [0.15, 0.2) is 10.7 Å². The highest BCUT2D eigenvalue weighted by Gasteiger charge is 2.25. The second-order valence-electron chi connectivity index (χ2n) is 3.25. The van der Waals surface area contributed by atoms with Crippen LogP contribution in [0.2, 0.25) is 0 Å². The summed E-state index contributed by atoms with van der Waals surface area (Å²) in [4.78, 5) is 28.1. The van der Waals surface area contributed by atoms with Gasteiger partial charge in [-0.2, -0.15) is 0 Å². The highest BCUT2D eigenvalue weighted by molar-refractivity contribution is 7.46. The SMILES string of the molecule is CCc1coc(C=O)c1C(C)OP(=O)(O)O. The number of rotatable bonds is 5. The average molecular weight is 248 g/mol. The summed E-state index contributed by atoms with van der Waals surface area (Å²) in [5.41, 5.74) is 1.09. The number of hydrogen-bond donors (Lipinski definition) is 2. The zero-order valence-corrected chi connectivity index (χ0v) is 9.81. The Hall–Kier alpha value is -0.940. The molecule has 2 N–H and O–H groups in total. The van der Waals surface area contributed by atoms with Gasteiger partial charge in [0.15, 0.2) is 12.0 Å². The Labute approximate surface area is 92.5 Å². The summed E-state index contributed by atoms with van der Waals surface area (Å²) in [5.74, 6) is 0.0396. The van der Waals surface area contributed by atoms with E-state index in [2.05, 4.69) is 4.52 Å². The lowest BCUT2D eigenvalue weighted by atomic mass is 10.0. The number of hydrogen-bond acceptors (Lipinski definition) is 4. The summed E-state index contributed by atoms with van der Waals surface area (Å²) in [6.07, 6.45) is 1.57. The molecule has 0 saturated carbocycles. The van der Waals surface area contributed by atoms with Crippen LogP contribution in [-0.2, 0) is 15.5 Å². The molecule has 0 aromatic carbocycles. The van der Waals surface area contributed by atoms with Gasteiger partial charge >= 0.3 is 7.82 Å². The van der Waals surface area contributed by atoms with Gasteiger partial charge in [0.05, 0.1) is 12.4 Å². The van der Waals surface area contributed by atoms with Gasteiger partial charge in [-0.1, -0.05) is 6.92 Å². The van der Waals surface area contributed by atoms with Gasteiger partial charge in [0.25, 0.3) is 0 Å². The molecule has 90 valence electrons. The van der Waals surface area contributed by atoms with Gasteiger partial charge in [-0.15, -0.1) is 0 Å². The summed E-state index contributed by atoms with van der Waals surface area (Å²) in [6.45, 7) is 3.29. The van der Waals surface area contributed by atoms with Gasteiger partial charge in [0, 0.05) is 5.56 Å². The van der Waals surface area contributed by atoms with Crippen LogP contribution in [0.1, 0.15) is 41.6 Å². The van der Waals surface area contributed by atoms with Crippen molar-refractivity contribution in [2.45, 2.75) is 26.4 Å². The lowest BCUT2D eigenvalue weighted by molar-refractivity contribution is 0.108. The number of phosphoric acid groups is 1. The molecule has 1 aromatic rings. The fraction of sp³-hybridized carbons (Fsp3) is 0.444. The molecule has 0 bridgehead atoms. The first kappa shape index (κ1) is 13.1. The molecule has 1 rings (SSSR count). The molecule has 1 atom stereocenters.